The molecule has 0 aliphatic heterocycles. The second kappa shape index (κ2) is 6.99. The van der Waals surface area contributed by atoms with Crippen molar-refractivity contribution in [2.24, 2.45) is 5.73 Å². The number of benzene rings is 2. The molecule has 0 unspecified atom stereocenters. The lowest BCUT2D eigenvalue weighted by Crippen LogP contribution is -2.05. The molecule has 4 nitrogen and oxygen atoms in total. The van der Waals surface area contributed by atoms with Crippen LogP contribution in [-0.2, 0) is 6.42 Å². The molecule has 0 saturated carbocycles. The second-order valence-electron chi connectivity index (χ2n) is 4.61. The maximum atomic E-state index is 5.70. The van der Waals surface area contributed by atoms with Crippen LogP contribution in [0.25, 0.3) is 11.1 Å². The minimum absolute atomic E-state index is 0.550. The van der Waals surface area contributed by atoms with Crippen LogP contribution in [0.5, 0.6) is 17.2 Å². The Balaban J connectivity index is 2.61. The van der Waals surface area contributed by atoms with Crippen LogP contribution in [0.2, 0.25) is 0 Å². The van der Waals surface area contributed by atoms with Crippen molar-refractivity contribution in [3.8, 4) is 28.4 Å². The smallest absolute Gasteiger partial charge is 0.163 e. The topological polar surface area (TPSA) is 53.7 Å². The number of nitrogens with two attached hydrogens (primary N) is 1. The van der Waals surface area contributed by atoms with Gasteiger partial charge in [0.15, 0.2) is 11.5 Å². The summed E-state index contributed by atoms with van der Waals surface area (Å²) in [5.41, 5.74) is 8.76. The van der Waals surface area contributed by atoms with Gasteiger partial charge in [0.25, 0.3) is 0 Å². The highest BCUT2D eigenvalue weighted by Gasteiger charge is 2.14. The van der Waals surface area contributed by atoms with Gasteiger partial charge < -0.3 is 19.9 Å². The Bertz CT molecular complexity index is 611. The molecule has 2 N–H and O–H groups in total. The maximum Gasteiger partial charge on any atom is 0.163 e. The largest absolute Gasteiger partial charge is 0.496 e. The number of rotatable bonds is 6. The molecule has 0 radical (unpaired) electrons. The van der Waals surface area contributed by atoms with Gasteiger partial charge in [-0.2, -0.15) is 0 Å². The van der Waals surface area contributed by atoms with Gasteiger partial charge in [-0.1, -0.05) is 18.2 Å². The Morgan fingerprint density at radius 2 is 1.62 bits per heavy atom. The summed E-state index contributed by atoms with van der Waals surface area (Å²) in [5, 5.41) is 0. The molecule has 21 heavy (non-hydrogen) atoms. The monoisotopic (exact) mass is 287 g/mol. The van der Waals surface area contributed by atoms with Crippen molar-refractivity contribution in [1.82, 2.24) is 0 Å². The number of methoxy groups -OCH3 is 3. The van der Waals surface area contributed by atoms with E-state index in [0.29, 0.717) is 12.3 Å². The van der Waals surface area contributed by atoms with E-state index >= 15 is 0 Å². The average Bonchev–Trinajstić information content (AvgIpc) is 2.54. The van der Waals surface area contributed by atoms with Gasteiger partial charge in [0, 0.05) is 5.56 Å². The van der Waals surface area contributed by atoms with Crippen LogP contribution in [0.3, 0.4) is 0 Å². The highest BCUT2D eigenvalue weighted by molar-refractivity contribution is 5.74. The first-order chi connectivity index (χ1) is 10.2. The molecule has 0 spiro atoms. The molecule has 0 atom stereocenters. The predicted octanol–water partition coefficient (Wildman–Crippen LogP) is 2.88. The van der Waals surface area contributed by atoms with Crippen LogP contribution in [0.15, 0.2) is 36.4 Å². The molecule has 4 heteroatoms. The zero-order valence-electron chi connectivity index (χ0n) is 12.7. The molecule has 0 heterocycles. The van der Waals surface area contributed by atoms with Crippen molar-refractivity contribution in [2.45, 2.75) is 6.42 Å². The van der Waals surface area contributed by atoms with E-state index in [0.717, 1.165) is 34.6 Å². The summed E-state index contributed by atoms with van der Waals surface area (Å²) < 4.78 is 16.3. The Kier molecular flexibility index (Phi) is 5.06. The van der Waals surface area contributed by atoms with Crippen LogP contribution < -0.4 is 19.9 Å². The summed E-state index contributed by atoms with van der Waals surface area (Å²) in [7, 11) is 4.94. The van der Waals surface area contributed by atoms with Crippen LogP contribution in [-0.4, -0.2) is 27.9 Å². The van der Waals surface area contributed by atoms with Gasteiger partial charge in [0.2, 0.25) is 0 Å². The fourth-order valence-electron chi connectivity index (χ4n) is 2.42. The molecule has 0 saturated heterocycles. The van der Waals surface area contributed by atoms with Gasteiger partial charge in [0.1, 0.15) is 5.75 Å². The Morgan fingerprint density at radius 3 is 2.24 bits per heavy atom. The Labute approximate surface area is 125 Å². The maximum absolute atomic E-state index is 5.70. The zero-order valence-corrected chi connectivity index (χ0v) is 12.7. The fraction of sp³-hybridized carbons (Fsp3) is 0.294. The third-order valence-electron chi connectivity index (χ3n) is 3.39. The molecule has 0 aliphatic rings. The van der Waals surface area contributed by atoms with Gasteiger partial charge in [0.05, 0.1) is 21.3 Å². The second-order valence-corrected chi connectivity index (χ2v) is 4.61. The van der Waals surface area contributed by atoms with E-state index in [1.54, 1.807) is 21.3 Å². The van der Waals surface area contributed by atoms with Gasteiger partial charge >= 0.3 is 0 Å². The molecule has 0 bridgehead atoms. The van der Waals surface area contributed by atoms with E-state index in [1.807, 2.05) is 30.3 Å². The van der Waals surface area contributed by atoms with Crippen molar-refractivity contribution >= 4 is 0 Å². The first-order valence-electron chi connectivity index (χ1n) is 6.83. The molecule has 112 valence electrons. The van der Waals surface area contributed by atoms with Crippen molar-refractivity contribution in [1.29, 1.82) is 0 Å². The lowest BCUT2D eigenvalue weighted by molar-refractivity contribution is 0.352. The first kappa shape index (κ1) is 15.2. The highest BCUT2D eigenvalue weighted by Crippen LogP contribution is 2.39. The van der Waals surface area contributed by atoms with E-state index in [1.165, 1.54) is 0 Å². The van der Waals surface area contributed by atoms with Gasteiger partial charge in [-0.15, -0.1) is 0 Å². The van der Waals surface area contributed by atoms with Crippen molar-refractivity contribution in [3.05, 3.63) is 42.0 Å². The number of hydrogen-bond donors (Lipinski definition) is 1. The fourth-order valence-corrected chi connectivity index (χ4v) is 2.42. The summed E-state index contributed by atoms with van der Waals surface area (Å²) in [6, 6.07) is 11.9. The van der Waals surface area contributed by atoms with Crippen LogP contribution in [0.1, 0.15) is 5.56 Å². The number of ether oxygens (including phenoxy) is 3. The Morgan fingerprint density at radius 1 is 0.905 bits per heavy atom. The van der Waals surface area contributed by atoms with Crippen molar-refractivity contribution < 1.29 is 14.2 Å². The third-order valence-corrected chi connectivity index (χ3v) is 3.39. The van der Waals surface area contributed by atoms with E-state index in [-0.39, 0.29) is 0 Å². The van der Waals surface area contributed by atoms with Crippen LogP contribution >= 0.6 is 0 Å². The Hall–Kier alpha value is -2.20. The summed E-state index contributed by atoms with van der Waals surface area (Å²) in [5.74, 6) is 2.26. The summed E-state index contributed by atoms with van der Waals surface area (Å²) >= 11 is 0. The normalized spacial score (nSPS) is 10.3. The quantitative estimate of drug-likeness (QED) is 0.887. The average molecular weight is 287 g/mol. The zero-order chi connectivity index (χ0) is 15.2. The molecular weight excluding hydrogens is 266 g/mol. The molecule has 2 aromatic rings. The van der Waals surface area contributed by atoms with Gasteiger partial charge in [-0.3, -0.25) is 0 Å². The molecule has 2 rings (SSSR count). The molecule has 2 aromatic carbocycles. The summed E-state index contributed by atoms with van der Waals surface area (Å²) in [6.45, 7) is 0.550. The highest BCUT2D eigenvalue weighted by atomic mass is 16.5. The predicted molar refractivity (Wildman–Crippen MR) is 84.3 cm³/mol. The van der Waals surface area contributed by atoms with E-state index in [2.05, 4.69) is 6.07 Å². The molecule has 0 aromatic heterocycles. The number of para-hydroxylation sites is 1. The van der Waals surface area contributed by atoms with Crippen LogP contribution in [0, 0.1) is 0 Å². The van der Waals surface area contributed by atoms with Crippen molar-refractivity contribution in [2.75, 3.05) is 27.9 Å². The number of hydrogen-bond acceptors (Lipinski definition) is 4. The van der Waals surface area contributed by atoms with Gasteiger partial charge in [-0.25, -0.2) is 0 Å². The van der Waals surface area contributed by atoms with Crippen molar-refractivity contribution in [3.63, 3.8) is 0 Å². The lowest BCUT2D eigenvalue weighted by atomic mass is 9.99. The SMILES string of the molecule is COc1ccccc1-c1cc(CCN)c(OC)c(OC)c1. The van der Waals surface area contributed by atoms with Crippen LogP contribution in [0.4, 0.5) is 0 Å². The van der Waals surface area contributed by atoms with E-state index in [4.69, 9.17) is 19.9 Å². The summed E-state index contributed by atoms with van der Waals surface area (Å²) in [4.78, 5) is 0. The van der Waals surface area contributed by atoms with E-state index < -0.39 is 0 Å². The first-order valence-corrected chi connectivity index (χ1v) is 6.83. The standard InChI is InChI=1S/C17H21NO3/c1-19-15-7-5-4-6-14(15)13-10-12(8-9-18)17(21-3)16(11-13)20-2/h4-7,10-11H,8-9,18H2,1-3H3. The van der Waals surface area contributed by atoms with E-state index in [9.17, 15) is 0 Å². The molecule has 0 amide bonds. The lowest BCUT2D eigenvalue weighted by Gasteiger charge is -2.16. The molecular formula is C17H21NO3. The summed E-state index contributed by atoms with van der Waals surface area (Å²) in [6.07, 6.45) is 0.725. The minimum atomic E-state index is 0.550. The minimum Gasteiger partial charge on any atom is -0.496 e. The molecule has 0 fully saturated rings. The molecule has 0 aliphatic carbocycles. The third kappa shape index (κ3) is 3.11. The van der Waals surface area contributed by atoms with Gasteiger partial charge in [-0.05, 0) is 42.3 Å².